The topological polar surface area (TPSA) is 34.1 Å². The van der Waals surface area contributed by atoms with Crippen molar-refractivity contribution >= 4 is 0 Å². The Morgan fingerprint density at radius 1 is 1.17 bits per heavy atom. The molecule has 1 saturated carbocycles. The van der Waals surface area contributed by atoms with Crippen LogP contribution in [0.2, 0.25) is 0 Å². The molecule has 3 heteroatoms. The fraction of sp³-hybridized carbons (Fsp3) is 0.667. The van der Waals surface area contributed by atoms with Gasteiger partial charge in [0.25, 0.3) is 0 Å². The highest BCUT2D eigenvalue weighted by Gasteiger charge is 2.10. The molecule has 1 aromatic heterocycles. The summed E-state index contributed by atoms with van der Waals surface area (Å²) in [7, 11) is 1.66. The van der Waals surface area contributed by atoms with Crippen molar-refractivity contribution in [1.82, 2.24) is 10.3 Å². The van der Waals surface area contributed by atoms with E-state index < -0.39 is 0 Å². The van der Waals surface area contributed by atoms with Crippen LogP contribution in [0.15, 0.2) is 18.2 Å². The van der Waals surface area contributed by atoms with Crippen LogP contribution in [0.1, 0.15) is 50.6 Å². The van der Waals surface area contributed by atoms with E-state index >= 15 is 0 Å². The highest BCUT2D eigenvalue weighted by molar-refractivity contribution is 5.15. The Morgan fingerprint density at radius 3 is 2.61 bits per heavy atom. The van der Waals surface area contributed by atoms with E-state index in [-0.39, 0.29) is 0 Å². The number of hydrogen-bond donors (Lipinski definition) is 1. The van der Waals surface area contributed by atoms with Gasteiger partial charge < -0.3 is 10.1 Å². The van der Waals surface area contributed by atoms with Gasteiger partial charge in [0.2, 0.25) is 5.88 Å². The van der Waals surface area contributed by atoms with Crippen LogP contribution < -0.4 is 10.1 Å². The first kappa shape index (κ1) is 13.3. The van der Waals surface area contributed by atoms with Crippen molar-refractivity contribution in [3.63, 3.8) is 0 Å². The number of rotatable bonds is 4. The zero-order valence-corrected chi connectivity index (χ0v) is 11.3. The van der Waals surface area contributed by atoms with E-state index in [9.17, 15) is 0 Å². The van der Waals surface area contributed by atoms with Crippen molar-refractivity contribution in [3.8, 4) is 5.88 Å². The normalized spacial score (nSPS) is 18.1. The van der Waals surface area contributed by atoms with Crippen LogP contribution in [0.3, 0.4) is 0 Å². The van der Waals surface area contributed by atoms with E-state index in [2.05, 4.69) is 16.4 Å². The molecule has 2 rings (SSSR count). The highest BCUT2D eigenvalue weighted by atomic mass is 16.5. The smallest absolute Gasteiger partial charge is 0.213 e. The van der Waals surface area contributed by atoms with E-state index in [0.29, 0.717) is 11.9 Å². The predicted octanol–water partition coefficient (Wildman–Crippen LogP) is 3.29. The summed E-state index contributed by atoms with van der Waals surface area (Å²) < 4.78 is 5.14. The third-order valence-electron chi connectivity index (χ3n) is 3.67. The second-order valence-corrected chi connectivity index (χ2v) is 5.09. The largest absolute Gasteiger partial charge is 0.481 e. The monoisotopic (exact) mass is 248 g/mol. The second-order valence-electron chi connectivity index (χ2n) is 5.09. The molecular weight excluding hydrogens is 224 g/mol. The van der Waals surface area contributed by atoms with Gasteiger partial charge in [-0.3, -0.25) is 0 Å². The van der Waals surface area contributed by atoms with Crippen LogP contribution >= 0.6 is 0 Å². The maximum atomic E-state index is 5.14. The van der Waals surface area contributed by atoms with Crippen molar-refractivity contribution in [2.24, 2.45) is 0 Å². The number of aromatic nitrogens is 1. The molecule has 0 radical (unpaired) electrons. The Hall–Kier alpha value is -1.09. The molecule has 1 aliphatic carbocycles. The molecule has 0 unspecified atom stereocenters. The molecule has 1 fully saturated rings. The third kappa shape index (κ3) is 4.30. The molecule has 0 atom stereocenters. The second kappa shape index (κ2) is 7.37. The summed E-state index contributed by atoms with van der Waals surface area (Å²) in [6.07, 6.45) is 9.57. The summed E-state index contributed by atoms with van der Waals surface area (Å²) in [4.78, 5) is 4.43. The van der Waals surface area contributed by atoms with E-state index in [4.69, 9.17) is 4.74 Å². The van der Waals surface area contributed by atoms with Crippen LogP contribution in [-0.2, 0) is 6.54 Å². The lowest BCUT2D eigenvalue weighted by atomic mass is 9.97. The zero-order chi connectivity index (χ0) is 12.6. The maximum absolute atomic E-state index is 5.14. The molecule has 0 amide bonds. The Bertz CT molecular complexity index is 346. The van der Waals surface area contributed by atoms with Crippen LogP contribution in [0.25, 0.3) is 0 Å². The van der Waals surface area contributed by atoms with Gasteiger partial charge in [-0.25, -0.2) is 4.98 Å². The van der Waals surface area contributed by atoms with Crippen LogP contribution in [0.5, 0.6) is 5.88 Å². The number of nitrogens with zero attached hydrogens (tertiary/aromatic N) is 1. The number of pyridine rings is 1. The van der Waals surface area contributed by atoms with Crippen molar-refractivity contribution in [2.45, 2.75) is 57.5 Å². The Labute approximate surface area is 110 Å². The molecule has 0 spiro atoms. The number of methoxy groups -OCH3 is 1. The van der Waals surface area contributed by atoms with Gasteiger partial charge in [0.05, 0.1) is 12.8 Å². The first-order valence-electron chi connectivity index (χ1n) is 7.12. The van der Waals surface area contributed by atoms with Crippen LogP contribution in [-0.4, -0.2) is 18.1 Å². The molecule has 0 bridgehead atoms. The molecule has 3 nitrogen and oxygen atoms in total. The average molecular weight is 248 g/mol. The number of ether oxygens (including phenoxy) is 1. The minimum atomic E-state index is 0.665. The minimum absolute atomic E-state index is 0.665. The number of hydrogen-bond acceptors (Lipinski definition) is 3. The molecule has 1 aliphatic rings. The minimum Gasteiger partial charge on any atom is -0.481 e. The third-order valence-corrected chi connectivity index (χ3v) is 3.67. The Kier molecular flexibility index (Phi) is 5.46. The van der Waals surface area contributed by atoms with Gasteiger partial charge in [-0.05, 0) is 18.9 Å². The summed E-state index contributed by atoms with van der Waals surface area (Å²) in [6, 6.07) is 6.61. The van der Waals surface area contributed by atoms with E-state index in [0.717, 1.165) is 12.2 Å². The van der Waals surface area contributed by atoms with Crippen molar-refractivity contribution in [2.75, 3.05) is 7.11 Å². The van der Waals surface area contributed by atoms with E-state index in [1.165, 1.54) is 44.9 Å². The van der Waals surface area contributed by atoms with Crippen LogP contribution in [0, 0.1) is 0 Å². The van der Waals surface area contributed by atoms with Gasteiger partial charge in [0, 0.05) is 18.7 Å². The molecule has 1 N–H and O–H groups in total. The molecule has 18 heavy (non-hydrogen) atoms. The summed E-state index contributed by atoms with van der Waals surface area (Å²) in [6.45, 7) is 0.849. The van der Waals surface area contributed by atoms with Gasteiger partial charge in [-0.2, -0.15) is 0 Å². The first-order chi connectivity index (χ1) is 8.88. The van der Waals surface area contributed by atoms with Crippen molar-refractivity contribution in [3.05, 3.63) is 23.9 Å². The fourth-order valence-electron chi connectivity index (χ4n) is 2.58. The fourth-order valence-corrected chi connectivity index (χ4v) is 2.58. The molecule has 0 aromatic carbocycles. The highest BCUT2D eigenvalue weighted by Crippen LogP contribution is 2.17. The summed E-state index contributed by atoms with van der Waals surface area (Å²) in [5.41, 5.74) is 1.07. The number of nitrogens with one attached hydrogen (secondary N) is 1. The quantitative estimate of drug-likeness (QED) is 0.887. The SMILES string of the molecule is COc1cccc(CNC2CCCCCCC2)n1. The molecule has 0 saturated heterocycles. The maximum Gasteiger partial charge on any atom is 0.213 e. The van der Waals surface area contributed by atoms with Gasteiger partial charge in [-0.15, -0.1) is 0 Å². The lowest BCUT2D eigenvalue weighted by molar-refractivity contribution is 0.380. The molecular formula is C15H24N2O. The Balaban J connectivity index is 1.81. The van der Waals surface area contributed by atoms with Gasteiger partial charge in [0.15, 0.2) is 0 Å². The summed E-state index contributed by atoms with van der Waals surface area (Å²) in [5.74, 6) is 0.701. The lowest BCUT2D eigenvalue weighted by Crippen LogP contribution is -2.29. The van der Waals surface area contributed by atoms with E-state index in [1.54, 1.807) is 7.11 Å². The standard InChI is InChI=1S/C15H24N2O/c1-18-15-11-7-10-14(17-15)12-16-13-8-5-3-2-4-6-9-13/h7,10-11,13,16H,2-6,8-9,12H2,1H3. The molecule has 1 aromatic rings. The predicted molar refractivity (Wildman–Crippen MR) is 73.7 cm³/mol. The average Bonchev–Trinajstić information content (AvgIpc) is 2.38. The molecule has 100 valence electrons. The first-order valence-corrected chi connectivity index (χ1v) is 7.12. The van der Waals surface area contributed by atoms with Crippen LogP contribution in [0.4, 0.5) is 0 Å². The van der Waals surface area contributed by atoms with Gasteiger partial charge >= 0.3 is 0 Å². The van der Waals surface area contributed by atoms with Gasteiger partial charge in [0.1, 0.15) is 0 Å². The summed E-state index contributed by atoms with van der Waals surface area (Å²) >= 11 is 0. The summed E-state index contributed by atoms with van der Waals surface area (Å²) in [5, 5.41) is 3.64. The Morgan fingerprint density at radius 2 is 1.89 bits per heavy atom. The van der Waals surface area contributed by atoms with Crippen molar-refractivity contribution in [1.29, 1.82) is 0 Å². The molecule has 0 aliphatic heterocycles. The van der Waals surface area contributed by atoms with E-state index in [1.807, 2.05) is 12.1 Å². The van der Waals surface area contributed by atoms with Crippen molar-refractivity contribution < 1.29 is 4.74 Å². The zero-order valence-electron chi connectivity index (χ0n) is 11.3. The molecule has 1 heterocycles. The lowest BCUT2D eigenvalue weighted by Gasteiger charge is -2.20. The van der Waals surface area contributed by atoms with Gasteiger partial charge in [-0.1, -0.05) is 38.2 Å².